The maximum Gasteiger partial charge on any atom is 0.272 e. The molecule has 3 N–H and O–H groups in total. The third-order valence-corrected chi connectivity index (χ3v) is 4.54. The molecule has 1 heterocycles. The summed E-state index contributed by atoms with van der Waals surface area (Å²) in [7, 11) is 1.53. The zero-order chi connectivity index (χ0) is 19.7. The van der Waals surface area contributed by atoms with Crippen LogP contribution < -0.4 is 15.4 Å². The summed E-state index contributed by atoms with van der Waals surface area (Å²) in [6.45, 7) is 1.43. The molecule has 2 amide bonds. The molecule has 3 aromatic carbocycles. The summed E-state index contributed by atoms with van der Waals surface area (Å²) in [5.74, 6) is 0.0208. The SMILES string of the molecule is COc1ccc(NC(C)=O)cc1NC(=O)c1cc2c(ccc3ccccc32)[nH]1. The Morgan fingerprint density at radius 1 is 0.929 bits per heavy atom. The molecule has 0 aliphatic rings. The lowest BCUT2D eigenvalue weighted by Gasteiger charge is -2.12. The molecule has 0 saturated carbocycles. The van der Waals surface area contributed by atoms with E-state index in [4.69, 9.17) is 4.74 Å². The number of hydrogen-bond donors (Lipinski definition) is 3. The molecule has 4 aromatic rings. The maximum absolute atomic E-state index is 12.8. The molecular formula is C22H19N3O3. The first kappa shape index (κ1) is 17.6. The molecule has 0 aliphatic heterocycles. The van der Waals surface area contributed by atoms with Crippen LogP contribution in [0, 0.1) is 0 Å². The van der Waals surface area contributed by atoms with E-state index in [0.29, 0.717) is 22.8 Å². The number of carbonyl (C=O) groups excluding carboxylic acids is 2. The standard InChI is InChI=1S/C22H19N3O3/c1-13(26)23-15-8-10-21(28-2)19(11-15)25-22(27)20-12-17-16-6-4-3-5-14(16)7-9-18(17)24-20/h3-12,24H,1-2H3,(H,23,26)(H,25,27). The van der Waals surface area contributed by atoms with Crippen LogP contribution in [0.15, 0.2) is 60.7 Å². The molecule has 4 rings (SSSR count). The van der Waals surface area contributed by atoms with Crippen LogP contribution in [0.3, 0.4) is 0 Å². The van der Waals surface area contributed by atoms with E-state index >= 15 is 0 Å². The number of aromatic nitrogens is 1. The van der Waals surface area contributed by atoms with E-state index < -0.39 is 0 Å². The molecule has 0 fully saturated rings. The second-order valence-electron chi connectivity index (χ2n) is 6.48. The topological polar surface area (TPSA) is 83.2 Å². The second-order valence-corrected chi connectivity index (χ2v) is 6.48. The number of H-pyrrole nitrogens is 1. The number of hydrogen-bond acceptors (Lipinski definition) is 3. The van der Waals surface area contributed by atoms with E-state index in [1.165, 1.54) is 14.0 Å². The number of aromatic amines is 1. The molecule has 0 unspecified atom stereocenters. The Hall–Kier alpha value is -3.80. The van der Waals surface area contributed by atoms with Gasteiger partial charge in [-0.25, -0.2) is 0 Å². The minimum Gasteiger partial charge on any atom is -0.495 e. The number of ether oxygens (including phenoxy) is 1. The van der Waals surface area contributed by atoms with E-state index in [1.54, 1.807) is 18.2 Å². The van der Waals surface area contributed by atoms with Crippen LogP contribution in [0.25, 0.3) is 21.7 Å². The highest BCUT2D eigenvalue weighted by molar-refractivity contribution is 6.12. The van der Waals surface area contributed by atoms with Crippen molar-refractivity contribution in [3.63, 3.8) is 0 Å². The van der Waals surface area contributed by atoms with Gasteiger partial charge in [0.15, 0.2) is 0 Å². The summed E-state index contributed by atoms with van der Waals surface area (Å²) in [6, 6.07) is 18.9. The molecule has 0 atom stereocenters. The number of fused-ring (bicyclic) bond motifs is 3. The van der Waals surface area contributed by atoms with Gasteiger partial charge < -0.3 is 20.4 Å². The Morgan fingerprint density at radius 2 is 1.75 bits per heavy atom. The van der Waals surface area contributed by atoms with Crippen molar-refractivity contribution in [1.29, 1.82) is 0 Å². The summed E-state index contributed by atoms with van der Waals surface area (Å²) in [6.07, 6.45) is 0. The van der Waals surface area contributed by atoms with Gasteiger partial charge in [0, 0.05) is 23.5 Å². The predicted octanol–water partition coefficient (Wildman–Crippen LogP) is 4.54. The Labute approximate surface area is 161 Å². The van der Waals surface area contributed by atoms with Crippen LogP contribution in [-0.2, 0) is 4.79 Å². The van der Waals surface area contributed by atoms with Crippen molar-refractivity contribution in [2.45, 2.75) is 6.92 Å². The Bertz CT molecular complexity index is 1210. The number of methoxy groups -OCH3 is 1. The number of rotatable bonds is 4. The third-order valence-electron chi connectivity index (χ3n) is 4.54. The van der Waals surface area contributed by atoms with Gasteiger partial charge in [0.1, 0.15) is 11.4 Å². The van der Waals surface area contributed by atoms with Gasteiger partial charge in [-0.15, -0.1) is 0 Å². The van der Waals surface area contributed by atoms with Gasteiger partial charge in [-0.05, 0) is 41.1 Å². The molecule has 0 bridgehead atoms. The molecule has 140 valence electrons. The maximum atomic E-state index is 12.8. The van der Waals surface area contributed by atoms with Crippen molar-refractivity contribution < 1.29 is 14.3 Å². The summed E-state index contributed by atoms with van der Waals surface area (Å²) >= 11 is 0. The summed E-state index contributed by atoms with van der Waals surface area (Å²) in [4.78, 5) is 27.3. The fourth-order valence-electron chi connectivity index (χ4n) is 3.28. The van der Waals surface area contributed by atoms with Crippen LogP contribution >= 0.6 is 0 Å². The third kappa shape index (κ3) is 3.27. The highest BCUT2D eigenvalue weighted by atomic mass is 16.5. The Kier molecular flexibility index (Phi) is 4.45. The van der Waals surface area contributed by atoms with Gasteiger partial charge in [-0.2, -0.15) is 0 Å². The number of benzene rings is 3. The first-order chi connectivity index (χ1) is 13.5. The van der Waals surface area contributed by atoms with E-state index in [0.717, 1.165) is 21.7 Å². The second kappa shape index (κ2) is 7.08. The fraction of sp³-hybridized carbons (Fsp3) is 0.0909. The summed E-state index contributed by atoms with van der Waals surface area (Å²) < 4.78 is 5.32. The number of amides is 2. The van der Waals surface area contributed by atoms with E-state index in [9.17, 15) is 9.59 Å². The van der Waals surface area contributed by atoms with Crippen LogP contribution in [0.5, 0.6) is 5.75 Å². The van der Waals surface area contributed by atoms with Crippen molar-refractivity contribution in [2.24, 2.45) is 0 Å². The van der Waals surface area contributed by atoms with Gasteiger partial charge in [-0.3, -0.25) is 9.59 Å². The molecule has 0 saturated heterocycles. The lowest BCUT2D eigenvalue weighted by Crippen LogP contribution is -2.14. The van der Waals surface area contributed by atoms with Crippen LogP contribution in [-0.4, -0.2) is 23.9 Å². The van der Waals surface area contributed by atoms with Gasteiger partial charge in [0.2, 0.25) is 5.91 Å². The number of carbonyl (C=O) groups is 2. The van der Waals surface area contributed by atoms with E-state index in [-0.39, 0.29) is 11.8 Å². The molecule has 6 nitrogen and oxygen atoms in total. The fourth-order valence-corrected chi connectivity index (χ4v) is 3.28. The molecule has 0 aliphatic carbocycles. The smallest absolute Gasteiger partial charge is 0.272 e. The van der Waals surface area contributed by atoms with Crippen molar-refractivity contribution in [2.75, 3.05) is 17.7 Å². The van der Waals surface area contributed by atoms with Crippen molar-refractivity contribution in [3.05, 3.63) is 66.4 Å². The summed E-state index contributed by atoms with van der Waals surface area (Å²) in [5.41, 5.74) is 2.38. The largest absolute Gasteiger partial charge is 0.495 e. The lowest BCUT2D eigenvalue weighted by atomic mass is 10.1. The first-order valence-electron chi connectivity index (χ1n) is 8.82. The number of anilines is 2. The average molecular weight is 373 g/mol. The monoisotopic (exact) mass is 373 g/mol. The normalized spacial score (nSPS) is 10.8. The highest BCUT2D eigenvalue weighted by Crippen LogP contribution is 2.30. The highest BCUT2D eigenvalue weighted by Gasteiger charge is 2.14. The van der Waals surface area contributed by atoms with Crippen molar-refractivity contribution in [1.82, 2.24) is 4.98 Å². The van der Waals surface area contributed by atoms with Crippen LogP contribution in [0.4, 0.5) is 11.4 Å². The van der Waals surface area contributed by atoms with Gasteiger partial charge in [-0.1, -0.05) is 30.3 Å². The van der Waals surface area contributed by atoms with Crippen molar-refractivity contribution in [3.8, 4) is 5.75 Å². The average Bonchev–Trinajstić information content (AvgIpc) is 3.13. The molecule has 6 heteroatoms. The minimum atomic E-state index is -0.293. The van der Waals surface area contributed by atoms with Gasteiger partial charge in [0.05, 0.1) is 12.8 Å². The number of nitrogens with one attached hydrogen (secondary N) is 3. The van der Waals surface area contributed by atoms with E-state index in [1.807, 2.05) is 42.5 Å². The minimum absolute atomic E-state index is 0.190. The molecule has 0 spiro atoms. The van der Waals surface area contributed by atoms with E-state index in [2.05, 4.69) is 15.6 Å². The summed E-state index contributed by atoms with van der Waals surface area (Å²) in [5, 5.41) is 8.74. The van der Waals surface area contributed by atoms with Crippen molar-refractivity contribution >= 4 is 44.9 Å². The van der Waals surface area contributed by atoms with Crippen LogP contribution in [0.2, 0.25) is 0 Å². The van der Waals surface area contributed by atoms with Gasteiger partial charge in [0.25, 0.3) is 5.91 Å². The lowest BCUT2D eigenvalue weighted by molar-refractivity contribution is -0.114. The molecular weight excluding hydrogens is 354 g/mol. The molecule has 1 aromatic heterocycles. The first-order valence-corrected chi connectivity index (χ1v) is 8.82. The predicted molar refractivity (Wildman–Crippen MR) is 111 cm³/mol. The zero-order valence-electron chi connectivity index (χ0n) is 15.5. The zero-order valence-corrected chi connectivity index (χ0v) is 15.5. The Morgan fingerprint density at radius 3 is 2.54 bits per heavy atom. The van der Waals surface area contributed by atoms with Gasteiger partial charge >= 0.3 is 0 Å². The molecule has 28 heavy (non-hydrogen) atoms. The quantitative estimate of drug-likeness (QED) is 0.491. The molecule has 0 radical (unpaired) electrons. The van der Waals surface area contributed by atoms with Crippen LogP contribution in [0.1, 0.15) is 17.4 Å². The Balaban J connectivity index is 1.68.